The van der Waals surface area contributed by atoms with Gasteiger partial charge in [-0.05, 0) is 54.6 Å². The van der Waals surface area contributed by atoms with E-state index in [1.165, 1.54) is 29.2 Å². The van der Waals surface area contributed by atoms with Crippen molar-refractivity contribution in [3.63, 3.8) is 0 Å². The van der Waals surface area contributed by atoms with Gasteiger partial charge in [0.05, 0.1) is 16.9 Å². The van der Waals surface area contributed by atoms with Crippen molar-refractivity contribution in [1.29, 1.82) is 0 Å². The molecule has 192 valence electrons. The standard InChI is InChI=1S/C22H14F6N6O2S/c23-21(24,25)13-2-4-14(5-3-13)31-19(35)18-17(12-37-20-29-10-1-11-30-20)34(33-32-18)15-6-8-16(9-7-15)36-22(26,27)28/h1-11H,12H2,(H,31,35). The third-order valence-corrected chi connectivity index (χ3v) is 5.53. The largest absolute Gasteiger partial charge is 0.573 e. The molecule has 37 heavy (non-hydrogen) atoms. The number of nitrogens with one attached hydrogen (secondary N) is 1. The number of carbonyl (C=O) groups excluding carboxylic acids is 1. The third-order valence-electron chi connectivity index (χ3n) is 4.64. The molecule has 0 aliphatic heterocycles. The van der Waals surface area contributed by atoms with Gasteiger partial charge in [-0.15, -0.1) is 18.3 Å². The summed E-state index contributed by atoms with van der Waals surface area (Å²) in [6, 6.07) is 10.2. The lowest BCUT2D eigenvalue weighted by Crippen LogP contribution is -2.17. The van der Waals surface area contributed by atoms with E-state index < -0.39 is 29.8 Å². The lowest BCUT2D eigenvalue weighted by Gasteiger charge is -2.11. The van der Waals surface area contributed by atoms with Crippen LogP contribution in [0.4, 0.5) is 32.0 Å². The first-order chi connectivity index (χ1) is 17.5. The van der Waals surface area contributed by atoms with Crippen LogP contribution in [0, 0.1) is 0 Å². The van der Waals surface area contributed by atoms with Gasteiger partial charge in [0.15, 0.2) is 10.9 Å². The number of rotatable bonds is 7. The van der Waals surface area contributed by atoms with Gasteiger partial charge in [0.2, 0.25) is 0 Å². The fourth-order valence-corrected chi connectivity index (χ4v) is 3.83. The molecule has 15 heteroatoms. The molecule has 0 saturated heterocycles. The SMILES string of the molecule is O=C(Nc1ccc(C(F)(F)F)cc1)c1nnn(-c2ccc(OC(F)(F)F)cc2)c1CSc1ncccn1. The quantitative estimate of drug-likeness (QED) is 0.187. The Morgan fingerprint density at radius 2 is 1.59 bits per heavy atom. The Bertz CT molecular complexity index is 1360. The lowest BCUT2D eigenvalue weighted by molar-refractivity contribution is -0.274. The minimum Gasteiger partial charge on any atom is -0.406 e. The maximum atomic E-state index is 12.9. The van der Waals surface area contributed by atoms with E-state index in [1.54, 1.807) is 6.07 Å². The molecule has 0 atom stereocenters. The number of alkyl halides is 6. The van der Waals surface area contributed by atoms with Crippen LogP contribution in [-0.2, 0) is 11.9 Å². The Morgan fingerprint density at radius 3 is 2.19 bits per heavy atom. The van der Waals surface area contributed by atoms with E-state index in [1.807, 2.05) is 0 Å². The van der Waals surface area contributed by atoms with Gasteiger partial charge in [-0.3, -0.25) is 4.79 Å². The zero-order valence-corrected chi connectivity index (χ0v) is 19.1. The van der Waals surface area contributed by atoms with E-state index in [-0.39, 0.29) is 28.5 Å². The Balaban J connectivity index is 1.61. The first-order valence-electron chi connectivity index (χ1n) is 10.2. The van der Waals surface area contributed by atoms with Gasteiger partial charge in [0.25, 0.3) is 5.91 Å². The van der Waals surface area contributed by atoms with Crippen LogP contribution < -0.4 is 10.1 Å². The van der Waals surface area contributed by atoms with Crippen LogP contribution in [0.3, 0.4) is 0 Å². The van der Waals surface area contributed by atoms with Gasteiger partial charge in [0.1, 0.15) is 5.75 Å². The van der Waals surface area contributed by atoms with Crippen molar-refractivity contribution in [2.24, 2.45) is 0 Å². The number of nitrogens with zero attached hydrogens (tertiary/aromatic N) is 5. The second-order valence-electron chi connectivity index (χ2n) is 7.19. The van der Waals surface area contributed by atoms with Crippen LogP contribution in [-0.4, -0.2) is 37.2 Å². The molecule has 0 unspecified atom stereocenters. The number of carbonyl (C=O) groups is 1. The van der Waals surface area contributed by atoms with Crippen LogP contribution >= 0.6 is 11.8 Å². The molecule has 8 nitrogen and oxygen atoms in total. The number of anilines is 1. The highest BCUT2D eigenvalue weighted by molar-refractivity contribution is 7.98. The van der Waals surface area contributed by atoms with Crippen molar-refractivity contribution in [2.45, 2.75) is 23.4 Å². The molecule has 0 aliphatic carbocycles. The summed E-state index contributed by atoms with van der Waals surface area (Å²) >= 11 is 1.14. The summed E-state index contributed by atoms with van der Waals surface area (Å²) in [5.74, 6) is -1.13. The molecule has 4 aromatic rings. The molecule has 0 spiro atoms. The average Bonchev–Trinajstić information content (AvgIpc) is 3.27. The maximum Gasteiger partial charge on any atom is 0.573 e. The molecule has 2 aromatic heterocycles. The Kier molecular flexibility index (Phi) is 7.33. The number of aromatic nitrogens is 5. The Labute approximate surface area is 208 Å². The highest BCUT2D eigenvalue weighted by Crippen LogP contribution is 2.30. The highest BCUT2D eigenvalue weighted by Gasteiger charge is 2.31. The van der Waals surface area contributed by atoms with E-state index in [0.29, 0.717) is 5.16 Å². The van der Waals surface area contributed by atoms with E-state index >= 15 is 0 Å². The van der Waals surface area contributed by atoms with Gasteiger partial charge in [0, 0.05) is 23.8 Å². The Hall–Kier alpha value is -4.14. The van der Waals surface area contributed by atoms with E-state index in [4.69, 9.17) is 0 Å². The van der Waals surface area contributed by atoms with Crippen LogP contribution in [0.1, 0.15) is 21.7 Å². The normalized spacial score (nSPS) is 11.8. The molecule has 0 fully saturated rings. The van der Waals surface area contributed by atoms with Crippen molar-refractivity contribution < 1.29 is 35.9 Å². The molecule has 0 saturated carbocycles. The number of ether oxygens (including phenoxy) is 1. The van der Waals surface area contributed by atoms with Gasteiger partial charge in [-0.25, -0.2) is 14.6 Å². The first-order valence-corrected chi connectivity index (χ1v) is 11.2. The van der Waals surface area contributed by atoms with Gasteiger partial charge < -0.3 is 10.1 Å². The second-order valence-corrected chi connectivity index (χ2v) is 8.13. The fraction of sp³-hybridized carbons (Fsp3) is 0.136. The number of thioether (sulfide) groups is 1. The van der Waals surface area contributed by atoms with Crippen molar-refractivity contribution >= 4 is 23.4 Å². The molecule has 1 amide bonds. The predicted octanol–water partition coefficient (Wildman–Crippen LogP) is 5.52. The molecule has 0 bridgehead atoms. The summed E-state index contributed by atoms with van der Waals surface area (Å²) in [6.45, 7) is 0. The molecule has 4 rings (SSSR count). The number of hydrogen-bond acceptors (Lipinski definition) is 7. The van der Waals surface area contributed by atoms with Crippen molar-refractivity contribution in [3.05, 3.63) is 83.9 Å². The lowest BCUT2D eigenvalue weighted by atomic mass is 10.2. The molecule has 0 radical (unpaired) electrons. The number of halogens is 6. The Morgan fingerprint density at radius 1 is 0.946 bits per heavy atom. The van der Waals surface area contributed by atoms with Crippen molar-refractivity contribution in [3.8, 4) is 11.4 Å². The molecule has 2 aromatic carbocycles. The minimum atomic E-state index is -4.87. The molecular weight excluding hydrogens is 526 g/mol. The second kappa shape index (κ2) is 10.5. The third kappa shape index (κ3) is 6.75. The summed E-state index contributed by atoms with van der Waals surface area (Å²) in [6.07, 6.45) is -6.36. The zero-order valence-electron chi connectivity index (χ0n) is 18.3. The van der Waals surface area contributed by atoms with E-state index in [0.717, 1.165) is 48.2 Å². The van der Waals surface area contributed by atoms with Crippen LogP contribution in [0.25, 0.3) is 5.69 Å². The fourth-order valence-electron chi connectivity index (χ4n) is 3.03. The maximum absolute atomic E-state index is 12.9. The smallest absolute Gasteiger partial charge is 0.406 e. The van der Waals surface area contributed by atoms with Crippen LogP contribution in [0.15, 0.2) is 72.1 Å². The van der Waals surface area contributed by atoms with E-state index in [2.05, 4.69) is 30.3 Å². The number of benzene rings is 2. The highest BCUT2D eigenvalue weighted by atomic mass is 32.2. The number of hydrogen-bond donors (Lipinski definition) is 1. The average molecular weight is 540 g/mol. The van der Waals surface area contributed by atoms with Crippen LogP contribution in [0.2, 0.25) is 0 Å². The van der Waals surface area contributed by atoms with E-state index in [9.17, 15) is 31.1 Å². The molecule has 2 heterocycles. The van der Waals surface area contributed by atoms with Gasteiger partial charge in [-0.2, -0.15) is 13.2 Å². The van der Waals surface area contributed by atoms with Gasteiger partial charge >= 0.3 is 12.5 Å². The minimum absolute atomic E-state index is 0.0770. The number of amides is 1. The summed E-state index contributed by atoms with van der Waals surface area (Å²) in [7, 11) is 0. The summed E-state index contributed by atoms with van der Waals surface area (Å²) in [5, 5.41) is 10.7. The summed E-state index contributed by atoms with van der Waals surface area (Å²) < 4.78 is 81.0. The molecular formula is C22H14F6N6O2S. The van der Waals surface area contributed by atoms with Crippen molar-refractivity contribution in [1.82, 2.24) is 25.0 Å². The predicted molar refractivity (Wildman–Crippen MR) is 119 cm³/mol. The monoisotopic (exact) mass is 540 g/mol. The first kappa shape index (κ1) is 25.9. The molecule has 0 aliphatic rings. The topological polar surface area (TPSA) is 94.8 Å². The van der Waals surface area contributed by atoms with Crippen molar-refractivity contribution in [2.75, 3.05) is 5.32 Å². The summed E-state index contributed by atoms with van der Waals surface area (Å²) in [4.78, 5) is 21.1. The zero-order chi connectivity index (χ0) is 26.6. The van der Waals surface area contributed by atoms with Gasteiger partial charge in [-0.1, -0.05) is 17.0 Å². The molecule has 1 N–H and O–H groups in total. The van der Waals surface area contributed by atoms with Crippen LogP contribution in [0.5, 0.6) is 5.75 Å². The summed E-state index contributed by atoms with van der Waals surface area (Å²) in [5.41, 5.74) is -0.425.